The summed E-state index contributed by atoms with van der Waals surface area (Å²) in [5.41, 5.74) is 1.40. The Kier molecular flexibility index (Phi) is 5.87. The predicted molar refractivity (Wildman–Crippen MR) is 114 cm³/mol. The third kappa shape index (κ3) is 4.69. The molecule has 7 heteroatoms. The van der Waals surface area contributed by atoms with Gasteiger partial charge in [-0.25, -0.2) is 0 Å². The molecule has 0 bridgehead atoms. The van der Waals surface area contributed by atoms with Gasteiger partial charge >= 0.3 is 0 Å². The Bertz CT molecular complexity index is 1070. The van der Waals surface area contributed by atoms with Crippen LogP contribution in [-0.4, -0.2) is 17.5 Å². The van der Waals surface area contributed by atoms with E-state index in [0.29, 0.717) is 10.6 Å². The first-order valence-electron chi connectivity index (χ1n) is 8.26. The second-order valence-electron chi connectivity index (χ2n) is 6.43. The Balaban J connectivity index is 1.89. The fourth-order valence-corrected chi connectivity index (χ4v) is 5.40. The SMILES string of the molecule is Cc1cccc(/C=C/NC(=O)C(c2csc3ccc(Cl)cc23)P(C)(=O)O)c1. The van der Waals surface area contributed by atoms with Crippen LogP contribution in [0.25, 0.3) is 16.2 Å². The largest absolute Gasteiger partial charge is 0.344 e. The van der Waals surface area contributed by atoms with Gasteiger partial charge < -0.3 is 10.2 Å². The zero-order valence-corrected chi connectivity index (χ0v) is 17.3. The predicted octanol–water partition coefficient (Wildman–Crippen LogP) is 5.59. The lowest BCUT2D eigenvalue weighted by molar-refractivity contribution is -0.120. The normalized spacial score (nSPS) is 15.0. The highest BCUT2D eigenvalue weighted by atomic mass is 35.5. The molecule has 0 saturated carbocycles. The lowest BCUT2D eigenvalue weighted by Gasteiger charge is -2.18. The Morgan fingerprint density at radius 2 is 2.07 bits per heavy atom. The van der Waals surface area contributed by atoms with Crippen molar-refractivity contribution < 1.29 is 14.3 Å². The molecule has 2 aromatic carbocycles. The van der Waals surface area contributed by atoms with E-state index in [1.165, 1.54) is 24.2 Å². The molecule has 2 N–H and O–H groups in total. The number of hydrogen-bond donors (Lipinski definition) is 2. The molecule has 3 rings (SSSR count). The van der Waals surface area contributed by atoms with Crippen molar-refractivity contribution in [2.24, 2.45) is 0 Å². The zero-order chi connectivity index (χ0) is 19.6. The summed E-state index contributed by atoms with van der Waals surface area (Å²) in [7, 11) is -3.74. The number of carbonyl (C=O) groups is 1. The van der Waals surface area contributed by atoms with Crippen molar-refractivity contribution in [1.29, 1.82) is 0 Å². The van der Waals surface area contributed by atoms with Crippen molar-refractivity contribution in [3.8, 4) is 0 Å². The topological polar surface area (TPSA) is 66.4 Å². The molecule has 3 aromatic rings. The minimum Gasteiger partial charge on any atom is -0.344 e. The smallest absolute Gasteiger partial charge is 0.241 e. The fourth-order valence-electron chi connectivity index (χ4n) is 2.92. The summed E-state index contributed by atoms with van der Waals surface area (Å²) in [6.45, 7) is 3.19. The van der Waals surface area contributed by atoms with Crippen LogP contribution in [0.4, 0.5) is 0 Å². The molecular weight excluding hydrogens is 401 g/mol. The van der Waals surface area contributed by atoms with Gasteiger partial charge in [0.05, 0.1) is 0 Å². The van der Waals surface area contributed by atoms with Gasteiger partial charge in [-0.05, 0) is 53.1 Å². The third-order valence-corrected chi connectivity index (χ3v) is 6.82. The number of halogens is 1. The molecule has 27 heavy (non-hydrogen) atoms. The molecule has 0 aliphatic rings. The van der Waals surface area contributed by atoms with Crippen LogP contribution in [-0.2, 0) is 9.36 Å². The Labute approximate surface area is 166 Å². The van der Waals surface area contributed by atoms with Gasteiger partial charge in [-0.1, -0.05) is 41.4 Å². The van der Waals surface area contributed by atoms with Crippen LogP contribution in [0.3, 0.4) is 0 Å². The van der Waals surface area contributed by atoms with Crippen molar-refractivity contribution in [2.75, 3.05) is 6.66 Å². The number of hydrogen-bond acceptors (Lipinski definition) is 3. The number of fused-ring (bicyclic) bond motifs is 1. The summed E-state index contributed by atoms with van der Waals surface area (Å²) in [6.07, 6.45) is 3.25. The van der Waals surface area contributed by atoms with Crippen LogP contribution in [0, 0.1) is 6.92 Å². The zero-order valence-electron chi connectivity index (χ0n) is 14.8. The van der Waals surface area contributed by atoms with E-state index in [-0.39, 0.29) is 0 Å². The molecule has 1 heterocycles. The second kappa shape index (κ2) is 7.99. The molecule has 4 nitrogen and oxygen atoms in total. The van der Waals surface area contributed by atoms with E-state index in [1.54, 1.807) is 23.6 Å². The van der Waals surface area contributed by atoms with Crippen molar-refractivity contribution in [3.63, 3.8) is 0 Å². The standard InChI is InChI=1S/C20H19ClNO3PS/c1-13-4-3-5-14(10-13)8-9-22-20(23)19(26(2,24)25)17-12-27-18-7-6-15(21)11-16(17)18/h3-12,19H,1-2H3,(H,22,23)(H,24,25)/b9-8+. The first-order chi connectivity index (χ1) is 12.8. The number of amides is 1. The molecule has 2 unspecified atom stereocenters. The highest BCUT2D eigenvalue weighted by Gasteiger charge is 2.36. The quantitative estimate of drug-likeness (QED) is 0.529. The first kappa shape index (κ1) is 19.8. The molecule has 140 valence electrons. The number of benzene rings is 2. The molecule has 1 amide bonds. The van der Waals surface area contributed by atoms with E-state index < -0.39 is 18.9 Å². The van der Waals surface area contributed by atoms with Gasteiger partial charge in [0, 0.05) is 22.6 Å². The number of nitrogens with one attached hydrogen (secondary N) is 1. The molecule has 0 spiro atoms. The minimum atomic E-state index is -3.74. The Hall–Kier alpha value is -1.91. The lowest BCUT2D eigenvalue weighted by Crippen LogP contribution is -2.25. The van der Waals surface area contributed by atoms with Crippen LogP contribution in [0.15, 0.2) is 54.0 Å². The molecule has 0 radical (unpaired) electrons. The molecule has 0 aliphatic carbocycles. The molecule has 0 saturated heterocycles. The second-order valence-corrected chi connectivity index (χ2v) is 10.2. The average molecular weight is 420 g/mol. The van der Waals surface area contributed by atoms with E-state index in [4.69, 9.17) is 11.6 Å². The summed E-state index contributed by atoms with van der Waals surface area (Å²) in [6, 6.07) is 13.1. The van der Waals surface area contributed by atoms with E-state index in [2.05, 4.69) is 5.32 Å². The fraction of sp³-hybridized carbons (Fsp3) is 0.150. The summed E-state index contributed by atoms with van der Waals surface area (Å²) in [4.78, 5) is 23.0. The minimum absolute atomic E-state index is 0.518. The van der Waals surface area contributed by atoms with E-state index >= 15 is 0 Å². The molecule has 1 aromatic heterocycles. The van der Waals surface area contributed by atoms with Gasteiger partial charge in [-0.2, -0.15) is 0 Å². The monoisotopic (exact) mass is 419 g/mol. The maximum atomic E-state index is 12.8. The van der Waals surface area contributed by atoms with Crippen LogP contribution in [0.2, 0.25) is 5.02 Å². The molecule has 2 atom stereocenters. The summed E-state index contributed by atoms with van der Waals surface area (Å²) in [5, 5.41) is 5.64. The molecule has 0 aliphatic heterocycles. The number of thiophene rings is 1. The highest BCUT2D eigenvalue weighted by molar-refractivity contribution is 7.58. The molecular formula is C20H19ClNO3PS. The van der Waals surface area contributed by atoms with Gasteiger partial charge in [-0.15, -0.1) is 11.3 Å². The van der Waals surface area contributed by atoms with Gasteiger partial charge in [0.1, 0.15) is 5.66 Å². The number of aryl methyl sites for hydroxylation is 1. The van der Waals surface area contributed by atoms with Crippen molar-refractivity contribution >= 4 is 52.4 Å². The lowest BCUT2D eigenvalue weighted by atomic mass is 10.1. The van der Waals surface area contributed by atoms with Crippen LogP contribution >= 0.6 is 30.3 Å². The van der Waals surface area contributed by atoms with Gasteiger partial charge in [0.2, 0.25) is 13.3 Å². The van der Waals surface area contributed by atoms with Crippen molar-refractivity contribution in [2.45, 2.75) is 12.6 Å². The van der Waals surface area contributed by atoms with E-state index in [9.17, 15) is 14.3 Å². The summed E-state index contributed by atoms with van der Waals surface area (Å²) in [5.74, 6) is -0.521. The molecule has 0 fully saturated rings. The maximum absolute atomic E-state index is 12.8. The van der Waals surface area contributed by atoms with Crippen molar-refractivity contribution in [1.82, 2.24) is 5.32 Å². The van der Waals surface area contributed by atoms with E-state index in [0.717, 1.165) is 21.2 Å². The van der Waals surface area contributed by atoms with Crippen LogP contribution in [0.1, 0.15) is 22.3 Å². The summed E-state index contributed by atoms with van der Waals surface area (Å²) >= 11 is 7.49. The van der Waals surface area contributed by atoms with Gasteiger partial charge in [0.25, 0.3) is 0 Å². The van der Waals surface area contributed by atoms with Crippen LogP contribution < -0.4 is 5.32 Å². The van der Waals surface area contributed by atoms with E-state index in [1.807, 2.05) is 37.3 Å². The summed E-state index contributed by atoms with van der Waals surface area (Å²) < 4.78 is 13.4. The van der Waals surface area contributed by atoms with Gasteiger partial charge in [0.15, 0.2) is 0 Å². The first-order valence-corrected chi connectivity index (χ1v) is 11.7. The van der Waals surface area contributed by atoms with Gasteiger partial charge in [-0.3, -0.25) is 9.36 Å². The number of carbonyl (C=O) groups excluding carboxylic acids is 1. The Morgan fingerprint density at radius 3 is 2.78 bits per heavy atom. The van der Waals surface area contributed by atoms with Crippen LogP contribution in [0.5, 0.6) is 0 Å². The highest BCUT2D eigenvalue weighted by Crippen LogP contribution is 2.54. The third-order valence-electron chi connectivity index (χ3n) is 4.13. The Morgan fingerprint density at radius 1 is 1.30 bits per heavy atom. The average Bonchev–Trinajstić information content (AvgIpc) is 2.96. The maximum Gasteiger partial charge on any atom is 0.241 e. The van der Waals surface area contributed by atoms with Crippen molar-refractivity contribution in [3.05, 3.63) is 75.8 Å². The number of rotatable bonds is 5.